The van der Waals surface area contributed by atoms with Crippen LogP contribution in [-0.2, 0) is 19.4 Å². The largest absolute Gasteiger partial charge is 0.325 e. The molecule has 3 aromatic rings. The summed E-state index contributed by atoms with van der Waals surface area (Å²) < 4.78 is 25.0. The number of nitrogens with zero attached hydrogens (tertiary/aromatic N) is 1. The lowest BCUT2D eigenvalue weighted by molar-refractivity contribution is -0.115. The number of thiazole rings is 1. The van der Waals surface area contributed by atoms with Crippen molar-refractivity contribution in [3.8, 4) is 11.3 Å². The van der Waals surface area contributed by atoms with Crippen LogP contribution in [0.5, 0.6) is 0 Å². The van der Waals surface area contributed by atoms with E-state index in [2.05, 4.69) is 15.6 Å². The molecule has 30 heavy (non-hydrogen) atoms. The van der Waals surface area contributed by atoms with E-state index in [9.17, 15) is 18.0 Å². The average molecular weight is 444 g/mol. The molecule has 1 heterocycles. The molecule has 0 fully saturated rings. The third-order valence-corrected chi connectivity index (χ3v) is 7.06. The first-order chi connectivity index (χ1) is 14.2. The van der Waals surface area contributed by atoms with Crippen molar-refractivity contribution in [1.29, 1.82) is 0 Å². The van der Waals surface area contributed by atoms with Crippen molar-refractivity contribution in [2.75, 3.05) is 16.4 Å². The number of nitrogens with one attached hydrogen (secondary N) is 2. The highest BCUT2D eigenvalue weighted by Gasteiger charge is 2.31. The van der Waals surface area contributed by atoms with Crippen molar-refractivity contribution >= 4 is 43.8 Å². The van der Waals surface area contributed by atoms with Crippen LogP contribution >= 0.6 is 11.3 Å². The van der Waals surface area contributed by atoms with Gasteiger partial charge in [0.25, 0.3) is 0 Å². The van der Waals surface area contributed by atoms with Gasteiger partial charge in [0.1, 0.15) is 11.0 Å². The van der Waals surface area contributed by atoms with E-state index in [4.69, 9.17) is 0 Å². The van der Waals surface area contributed by atoms with E-state index in [1.54, 1.807) is 23.6 Å². The van der Waals surface area contributed by atoms with Gasteiger partial charge in [0.2, 0.25) is 11.8 Å². The fraction of sp³-hybridized carbons (Fsp3) is 0.190. The maximum Gasteiger partial charge on any atom is 0.244 e. The van der Waals surface area contributed by atoms with E-state index in [-0.39, 0.29) is 0 Å². The zero-order valence-corrected chi connectivity index (χ0v) is 18.1. The van der Waals surface area contributed by atoms with Gasteiger partial charge >= 0.3 is 0 Å². The maximum atomic E-state index is 12.5. The number of aryl methyl sites for hydroxylation is 1. The number of sulfone groups is 1. The molecule has 0 saturated heterocycles. The molecule has 0 aliphatic carbocycles. The van der Waals surface area contributed by atoms with Crippen LogP contribution in [0.4, 0.5) is 10.8 Å². The predicted octanol–water partition coefficient (Wildman–Crippen LogP) is 3.50. The van der Waals surface area contributed by atoms with Crippen LogP contribution in [-0.4, -0.2) is 36.2 Å². The minimum Gasteiger partial charge on any atom is -0.325 e. The number of aromatic nitrogens is 1. The summed E-state index contributed by atoms with van der Waals surface area (Å²) in [6, 6.07) is 16.4. The van der Waals surface area contributed by atoms with Crippen molar-refractivity contribution < 1.29 is 18.0 Å². The number of rotatable bonds is 7. The zero-order valence-electron chi connectivity index (χ0n) is 16.5. The Labute approximate surface area is 179 Å². The summed E-state index contributed by atoms with van der Waals surface area (Å²) in [5.74, 6) is -2.21. The summed E-state index contributed by atoms with van der Waals surface area (Å²) in [6.45, 7) is 3.12. The molecule has 9 heteroatoms. The molecule has 156 valence electrons. The molecule has 0 aliphatic rings. The first-order valence-corrected chi connectivity index (χ1v) is 11.7. The molecule has 3 rings (SSSR count). The van der Waals surface area contributed by atoms with Crippen molar-refractivity contribution in [2.45, 2.75) is 19.1 Å². The Morgan fingerprint density at radius 1 is 1.07 bits per heavy atom. The van der Waals surface area contributed by atoms with Gasteiger partial charge in [-0.25, -0.2) is 13.4 Å². The van der Waals surface area contributed by atoms with Crippen molar-refractivity contribution in [2.24, 2.45) is 0 Å². The fourth-order valence-electron chi connectivity index (χ4n) is 2.67. The Balaban J connectivity index is 1.61. The van der Waals surface area contributed by atoms with Gasteiger partial charge in [0.15, 0.2) is 15.0 Å². The van der Waals surface area contributed by atoms with Gasteiger partial charge in [-0.2, -0.15) is 0 Å². The second-order valence-electron chi connectivity index (χ2n) is 6.76. The van der Waals surface area contributed by atoms with Crippen LogP contribution < -0.4 is 10.6 Å². The van der Waals surface area contributed by atoms with Crippen LogP contribution in [0.3, 0.4) is 0 Å². The number of carbonyl (C=O) groups excluding carboxylic acids is 2. The van der Waals surface area contributed by atoms with Gasteiger partial charge in [-0.15, -0.1) is 11.3 Å². The van der Waals surface area contributed by atoms with E-state index < -0.39 is 32.7 Å². The molecule has 2 aromatic carbocycles. The third-order valence-electron chi connectivity index (χ3n) is 4.35. The molecule has 0 saturated carbocycles. The Kier molecular flexibility index (Phi) is 6.63. The minimum absolute atomic E-state index is 0.296. The van der Waals surface area contributed by atoms with Crippen LogP contribution in [0.1, 0.15) is 12.5 Å². The van der Waals surface area contributed by atoms with Crippen molar-refractivity contribution in [3.63, 3.8) is 0 Å². The quantitative estimate of drug-likeness (QED) is 0.581. The first kappa shape index (κ1) is 21.7. The highest BCUT2D eigenvalue weighted by atomic mass is 32.2. The van der Waals surface area contributed by atoms with Gasteiger partial charge < -0.3 is 10.6 Å². The lowest BCUT2D eigenvalue weighted by Gasteiger charge is -2.12. The fourth-order valence-corrected chi connectivity index (χ4v) is 4.47. The molecule has 0 spiro atoms. The standard InChI is InChI=1S/C21H21N3O4S2/c1-14-7-6-10-17(11-14)22-19(25)13-30(27,28)15(2)20(26)24-21-23-18(12-29-21)16-8-4-3-5-9-16/h3-12,15H,13H2,1-2H3,(H,22,25)(H,23,24,26). The molecular formula is C21H21N3O4S2. The summed E-state index contributed by atoms with van der Waals surface area (Å²) in [6.07, 6.45) is 0. The SMILES string of the molecule is Cc1cccc(NC(=O)CS(=O)(=O)C(C)C(=O)Nc2nc(-c3ccccc3)cs2)c1. The van der Waals surface area contributed by atoms with Gasteiger partial charge in [-0.05, 0) is 31.5 Å². The van der Waals surface area contributed by atoms with E-state index in [1.165, 1.54) is 18.3 Å². The molecule has 0 bridgehead atoms. The minimum atomic E-state index is -4.00. The Morgan fingerprint density at radius 2 is 1.80 bits per heavy atom. The zero-order chi connectivity index (χ0) is 21.7. The Morgan fingerprint density at radius 3 is 2.50 bits per heavy atom. The molecular weight excluding hydrogens is 422 g/mol. The van der Waals surface area contributed by atoms with Gasteiger partial charge in [0.05, 0.1) is 5.69 Å². The summed E-state index contributed by atoms with van der Waals surface area (Å²) in [4.78, 5) is 28.9. The molecule has 0 aliphatic heterocycles. The number of carbonyl (C=O) groups is 2. The summed E-state index contributed by atoms with van der Waals surface area (Å²) >= 11 is 1.20. The maximum absolute atomic E-state index is 12.5. The number of amides is 2. The second kappa shape index (κ2) is 9.19. The molecule has 1 atom stereocenters. The number of anilines is 2. The molecule has 1 unspecified atom stereocenters. The van der Waals surface area contributed by atoms with Gasteiger partial charge in [-0.1, -0.05) is 42.5 Å². The van der Waals surface area contributed by atoms with Crippen LogP contribution in [0.25, 0.3) is 11.3 Å². The van der Waals surface area contributed by atoms with Crippen molar-refractivity contribution in [1.82, 2.24) is 4.98 Å². The smallest absolute Gasteiger partial charge is 0.244 e. The predicted molar refractivity (Wildman–Crippen MR) is 119 cm³/mol. The van der Waals surface area contributed by atoms with Crippen LogP contribution in [0, 0.1) is 6.92 Å². The summed E-state index contributed by atoms with van der Waals surface area (Å²) in [7, 11) is -4.00. The molecule has 7 nitrogen and oxygen atoms in total. The van der Waals surface area contributed by atoms with Crippen LogP contribution in [0.2, 0.25) is 0 Å². The van der Waals surface area contributed by atoms with E-state index in [0.29, 0.717) is 16.5 Å². The van der Waals surface area contributed by atoms with Crippen LogP contribution in [0.15, 0.2) is 60.0 Å². The molecule has 1 aromatic heterocycles. The monoisotopic (exact) mass is 443 g/mol. The Bertz CT molecular complexity index is 1160. The molecule has 0 radical (unpaired) electrons. The summed E-state index contributed by atoms with van der Waals surface area (Å²) in [5, 5.41) is 5.75. The first-order valence-electron chi connectivity index (χ1n) is 9.14. The average Bonchev–Trinajstić information content (AvgIpc) is 3.16. The number of benzene rings is 2. The van der Waals surface area contributed by atoms with Crippen molar-refractivity contribution in [3.05, 3.63) is 65.5 Å². The normalized spacial score (nSPS) is 12.2. The second-order valence-corrected chi connectivity index (χ2v) is 9.94. The van der Waals surface area contributed by atoms with Gasteiger partial charge in [-0.3, -0.25) is 9.59 Å². The highest BCUT2D eigenvalue weighted by molar-refractivity contribution is 7.93. The van der Waals surface area contributed by atoms with E-state index in [1.807, 2.05) is 43.3 Å². The number of hydrogen-bond donors (Lipinski definition) is 2. The highest BCUT2D eigenvalue weighted by Crippen LogP contribution is 2.25. The summed E-state index contributed by atoms with van der Waals surface area (Å²) in [5.41, 5.74) is 3.01. The third kappa shape index (κ3) is 5.52. The number of hydrogen-bond acceptors (Lipinski definition) is 6. The lowest BCUT2D eigenvalue weighted by Crippen LogP contribution is -2.37. The molecule has 2 amide bonds. The van der Waals surface area contributed by atoms with E-state index >= 15 is 0 Å². The lowest BCUT2D eigenvalue weighted by atomic mass is 10.2. The topological polar surface area (TPSA) is 105 Å². The Hall–Kier alpha value is -3.04. The molecule has 2 N–H and O–H groups in total. The van der Waals surface area contributed by atoms with Gasteiger partial charge in [0, 0.05) is 16.6 Å². The van der Waals surface area contributed by atoms with E-state index in [0.717, 1.165) is 11.1 Å².